The average Bonchev–Trinajstić information content (AvgIpc) is 2.28. The zero-order valence-corrected chi connectivity index (χ0v) is 10.5. The van der Waals surface area contributed by atoms with Crippen LogP contribution in [0.4, 0.5) is 5.69 Å². The molecule has 0 bridgehead atoms. The third-order valence-corrected chi connectivity index (χ3v) is 3.10. The summed E-state index contributed by atoms with van der Waals surface area (Å²) in [6.07, 6.45) is 1.13. The lowest BCUT2D eigenvalue weighted by molar-refractivity contribution is 0.0277. The molecule has 1 saturated heterocycles. The first-order chi connectivity index (χ1) is 8.04. The number of ether oxygens (including phenoxy) is 1. The minimum atomic E-state index is -3.23. The molecule has 0 spiro atoms. The molecule has 1 heterocycles. The Morgan fingerprint density at radius 2 is 2.29 bits per heavy atom. The molecule has 2 N–H and O–H groups in total. The third kappa shape index (κ3) is 3.69. The quantitative estimate of drug-likeness (QED) is 0.836. The maximum atomic E-state index is 11.1. The standard InChI is InChI=1S/C11H16N2O3S/c1-17(14,15)13-10-4-2-3-9(7-10)11-8-12-5-6-16-11/h2-4,7,11-13H,5-6,8H2,1H3. The molecule has 1 atom stereocenters. The third-order valence-electron chi connectivity index (χ3n) is 2.49. The van der Waals surface area contributed by atoms with Gasteiger partial charge in [0.05, 0.1) is 19.0 Å². The summed E-state index contributed by atoms with van der Waals surface area (Å²) in [5.74, 6) is 0. The molecule has 0 aliphatic carbocycles. The summed E-state index contributed by atoms with van der Waals surface area (Å²) in [4.78, 5) is 0. The van der Waals surface area contributed by atoms with E-state index in [-0.39, 0.29) is 6.10 Å². The molecule has 1 aliphatic rings. The lowest BCUT2D eigenvalue weighted by Gasteiger charge is -2.24. The van der Waals surface area contributed by atoms with Gasteiger partial charge in [-0.1, -0.05) is 12.1 Å². The first-order valence-electron chi connectivity index (χ1n) is 5.45. The van der Waals surface area contributed by atoms with Crippen molar-refractivity contribution >= 4 is 15.7 Å². The normalized spacial score (nSPS) is 21.1. The fourth-order valence-corrected chi connectivity index (χ4v) is 2.35. The van der Waals surface area contributed by atoms with E-state index < -0.39 is 10.0 Å². The van der Waals surface area contributed by atoms with Gasteiger partial charge in [0, 0.05) is 18.8 Å². The minimum absolute atomic E-state index is 0.00920. The number of morpholine rings is 1. The summed E-state index contributed by atoms with van der Waals surface area (Å²) < 4.78 is 30.3. The van der Waals surface area contributed by atoms with Crippen LogP contribution in [-0.2, 0) is 14.8 Å². The highest BCUT2D eigenvalue weighted by molar-refractivity contribution is 7.92. The second kappa shape index (κ2) is 5.03. The lowest BCUT2D eigenvalue weighted by atomic mass is 10.1. The Morgan fingerprint density at radius 1 is 1.47 bits per heavy atom. The van der Waals surface area contributed by atoms with E-state index in [2.05, 4.69) is 10.0 Å². The number of nitrogens with one attached hydrogen (secondary N) is 2. The predicted molar refractivity (Wildman–Crippen MR) is 66.5 cm³/mol. The van der Waals surface area contributed by atoms with Crippen molar-refractivity contribution in [3.63, 3.8) is 0 Å². The highest BCUT2D eigenvalue weighted by atomic mass is 32.2. The van der Waals surface area contributed by atoms with Crippen LogP contribution in [-0.4, -0.2) is 34.4 Å². The van der Waals surface area contributed by atoms with E-state index in [0.717, 1.165) is 24.9 Å². The molecule has 1 unspecified atom stereocenters. The lowest BCUT2D eigenvalue weighted by Crippen LogP contribution is -2.33. The van der Waals surface area contributed by atoms with E-state index in [1.54, 1.807) is 12.1 Å². The van der Waals surface area contributed by atoms with Gasteiger partial charge in [-0.15, -0.1) is 0 Å². The maximum absolute atomic E-state index is 11.1. The highest BCUT2D eigenvalue weighted by Gasteiger charge is 2.16. The van der Waals surface area contributed by atoms with Crippen molar-refractivity contribution in [1.29, 1.82) is 0 Å². The largest absolute Gasteiger partial charge is 0.371 e. The van der Waals surface area contributed by atoms with E-state index in [0.29, 0.717) is 12.3 Å². The van der Waals surface area contributed by atoms with Gasteiger partial charge in [-0.25, -0.2) is 8.42 Å². The molecule has 2 rings (SSSR count). The first-order valence-corrected chi connectivity index (χ1v) is 7.34. The summed E-state index contributed by atoms with van der Waals surface area (Å²) in [6, 6.07) is 7.28. The summed E-state index contributed by atoms with van der Waals surface area (Å²) in [7, 11) is -3.23. The van der Waals surface area contributed by atoms with Gasteiger partial charge in [0.2, 0.25) is 10.0 Å². The van der Waals surface area contributed by atoms with E-state index in [4.69, 9.17) is 4.74 Å². The van der Waals surface area contributed by atoms with Gasteiger partial charge in [-0.05, 0) is 17.7 Å². The van der Waals surface area contributed by atoms with Crippen LogP contribution in [0.15, 0.2) is 24.3 Å². The van der Waals surface area contributed by atoms with Gasteiger partial charge in [0.1, 0.15) is 0 Å². The summed E-state index contributed by atoms with van der Waals surface area (Å²) >= 11 is 0. The molecular weight excluding hydrogens is 240 g/mol. The van der Waals surface area contributed by atoms with Gasteiger partial charge in [-0.2, -0.15) is 0 Å². The van der Waals surface area contributed by atoms with Gasteiger partial charge in [0.15, 0.2) is 0 Å². The van der Waals surface area contributed by atoms with Crippen LogP contribution >= 0.6 is 0 Å². The highest BCUT2D eigenvalue weighted by Crippen LogP contribution is 2.22. The molecule has 1 aromatic rings. The maximum Gasteiger partial charge on any atom is 0.229 e. The van der Waals surface area contributed by atoms with Gasteiger partial charge < -0.3 is 10.1 Å². The van der Waals surface area contributed by atoms with Gasteiger partial charge in [0.25, 0.3) is 0 Å². The molecule has 5 nitrogen and oxygen atoms in total. The van der Waals surface area contributed by atoms with Crippen LogP contribution in [0.25, 0.3) is 0 Å². The van der Waals surface area contributed by atoms with E-state index in [1.807, 2.05) is 12.1 Å². The van der Waals surface area contributed by atoms with Crippen LogP contribution in [0.1, 0.15) is 11.7 Å². The van der Waals surface area contributed by atoms with Crippen molar-refractivity contribution in [2.75, 3.05) is 30.7 Å². The van der Waals surface area contributed by atoms with Crippen molar-refractivity contribution < 1.29 is 13.2 Å². The number of hydrogen-bond donors (Lipinski definition) is 2. The second-order valence-electron chi connectivity index (χ2n) is 4.06. The zero-order valence-electron chi connectivity index (χ0n) is 9.64. The molecule has 17 heavy (non-hydrogen) atoms. The Kier molecular flexibility index (Phi) is 3.66. The molecule has 0 saturated carbocycles. The van der Waals surface area contributed by atoms with E-state index in [1.165, 1.54) is 0 Å². The SMILES string of the molecule is CS(=O)(=O)Nc1cccc(C2CNCCO2)c1. The Balaban J connectivity index is 2.16. The van der Waals surface area contributed by atoms with E-state index >= 15 is 0 Å². The Morgan fingerprint density at radius 3 is 2.94 bits per heavy atom. The molecular formula is C11H16N2O3S. The molecule has 1 aliphatic heterocycles. The number of sulfonamides is 1. The summed E-state index contributed by atoms with van der Waals surface area (Å²) in [5.41, 5.74) is 1.55. The van der Waals surface area contributed by atoms with Crippen LogP contribution in [0.5, 0.6) is 0 Å². The van der Waals surface area contributed by atoms with Gasteiger partial charge in [-0.3, -0.25) is 4.72 Å². The number of benzene rings is 1. The van der Waals surface area contributed by atoms with Crippen LogP contribution in [0.2, 0.25) is 0 Å². The van der Waals surface area contributed by atoms with Crippen molar-refractivity contribution in [1.82, 2.24) is 5.32 Å². The van der Waals surface area contributed by atoms with E-state index in [9.17, 15) is 8.42 Å². The van der Waals surface area contributed by atoms with Gasteiger partial charge >= 0.3 is 0 Å². The molecule has 0 aromatic heterocycles. The molecule has 0 radical (unpaired) electrons. The fourth-order valence-electron chi connectivity index (χ4n) is 1.80. The Bertz CT molecular complexity index is 481. The summed E-state index contributed by atoms with van der Waals surface area (Å²) in [5, 5.41) is 3.24. The smallest absolute Gasteiger partial charge is 0.229 e. The number of hydrogen-bond acceptors (Lipinski definition) is 4. The summed E-state index contributed by atoms with van der Waals surface area (Å²) in [6.45, 7) is 2.29. The molecule has 94 valence electrons. The monoisotopic (exact) mass is 256 g/mol. The van der Waals surface area contributed by atoms with Crippen molar-refractivity contribution in [3.8, 4) is 0 Å². The predicted octanol–water partition coefficient (Wildman–Crippen LogP) is 0.719. The zero-order chi connectivity index (χ0) is 12.3. The van der Waals surface area contributed by atoms with Crippen LogP contribution < -0.4 is 10.0 Å². The number of anilines is 1. The van der Waals surface area contributed by atoms with Crippen LogP contribution in [0.3, 0.4) is 0 Å². The Labute approximate surface area is 101 Å². The van der Waals surface area contributed by atoms with Crippen molar-refractivity contribution in [2.45, 2.75) is 6.10 Å². The fraction of sp³-hybridized carbons (Fsp3) is 0.455. The average molecular weight is 256 g/mol. The first kappa shape index (κ1) is 12.3. The molecule has 1 aromatic carbocycles. The molecule has 6 heteroatoms. The van der Waals surface area contributed by atoms with Crippen LogP contribution in [0, 0.1) is 0 Å². The molecule has 0 amide bonds. The second-order valence-corrected chi connectivity index (χ2v) is 5.81. The van der Waals surface area contributed by atoms with Crippen molar-refractivity contribution in [2.24, 2.45) is 0 Å². The Hall–Kier alpha value is -1.11. The van der Waals surface area contributed by atoms with Crippen molar-refractivity contribution in [3.05, 3.63) is 29.8 Å². The minimum Gasteiger partial charge on any atom is -0.371 e. The topological polar surface area (TPSA) is 67.4 Å². The molecule has 1 fully saturated rings. The number of rotatable bonds is 3.